The highest BCUT2D eigenvalue weighted by Gasteiger charge is 2.39. The second-order valence-corrected chi connectivity index (χ2v) is 9.60. The van der Waals surface area contributed by atoms with Gasteiger partial charge >= 0.3 is 0 Å². The molecule has 2 aliphatic rings. The standard InChI is InChI=1S/C30H32N2O3/c1-18(2)19-9-11-20(12-10-19)30-29-25(31-23-7-5-6-8-24(23)32-30)15-22(16-26(29)33)21-13-14-27(34-3)28(17-21)35-4/h5-15,17-18,22,29-32H,16H2,1-4H3. The van der Waals surface area contributed by atoms with Crippen molar-refractivity contribution in [3.63, 3.8) is 0 Å². The first-order valence-electron chi connectivity index (χ1n) is 12.2. The summed E-state index contributed by atoms with van der Waals surface area (Å²) in [5.74, 6) is 1.68. The summed E-state index contributed by atoms with van der Waals surface area (Å²) in [5, 5.41) is 7.28. The normalized spacial score (nSPS) is 21.1. The van der Waals surface area contributed by atoms with Crippen molar-refractivity contribution in [2.24, 2.45) is 5.92 Å². The second kappa shape index (κ2) is 9.49. The quantitative estimate of drug-likeness (QED) is 0.438. The Bertz CT molecular complexity index is 1260. The molecule has 5 nitrogen and oxygen atoms in total. The first-order valence-corrected chi connectivity index (χ1v) is 12.2. The maximum absolute atomic E-state index is 13.8. The van der Waals surface area contributed by atoms with E-state index in [-0.39, 0.29) is 23.7 Å². The van der Waals surface area contributed by atoms with Crippen LogP contribution in [0.25, 0.3) is 0 Å². The number of para-hydroxylation sites is 2. The Hall–Kier alpha value is -3.73. The molecule has 1 aliphatic carbocycles. The van der Waals surface area contributed by atoms with Gasteiger partial charge in [-0.1, -0.05) is 62.4 Å². The van der Waals surface area contributed by atoms with E-state index in [1.54, 1.807) is 14.2 Å². The van der Waals surface area contributed by atoms with Crippen molar-refractivity contribution in [1.82, 2.24) is 0 Å². The van der Waals surface area contributed by atoms with Gasteiger partial charge in [0.1, 0.15) is 5.78 Å². The van der Waals surface area contributed by atoms with Gasteiger partial charge in [-0.05, 0) is 46.9 Å². The summed E-state index contributed by atoms with van der Waals surface area (Å²) < 4.78 is 10.9. The summed E-state index contributed by atoms with van der Waals surface area (Å²) in [6.07, 6.45) is 2.65. The van der Waals surface area contributed by atoms with Crippen LogP contribution in [0.15, 0.2) is 78.5 Å². The van der Waals surface area contributed by atoms with Gasteiger partial charge in [0, 0.05) is 18.0 Å². The third kappa shape index (κ3) is 4.39. The lowest BCUT2D eigenvalue weighted by Crippen LogP contribution is -2.33. The highest BCUT2D eigenvalue weighted by Crippen LogP contribution is 2.45. The topological polar surface area (TPSA) is 59.6 Å². The van der Waals surface area contributed by atoms with Crippen molar-refractivity contribution in [2.75, 3.05) is 24.9 Å². The van der Waals surface area contributed by atoms with Crippen molar-refractivity contribution >= 4 is 17.2 Å². The van der Waals surface area contributed by atoms with E-state index >= 15 is 0 Å². The smallest absolute Gasteiger partial charge is 0.161 e. The number of hydrogen-bond acceptors (Lipinski definition) is 5. The van der Waals surface area contributed by atoms with Gasteiger partial charge in [-0.3, -0.25) is 4.79 Å². The van der Waals surface area contributed by atoms with E-state index in [0.29, 0.717) is 23.8 Å². The van der Waals surface area contributed by atoms with E-state index in [1.165, 1.54) is 5.56 Å². The predicted molar refractivity (Wildman–Crippen MR) is 140 cm³/mol. The molecule has 2 N–H and O–H groups in total. The number of ether oxygens (including phenoxy) is 2. The van der Waals surface area contributed by atoms with Gasteiger partial charge in [0.2, 0.25) is 0 Å². The molecule has 0 amide bonds. The average Bonchev–Trinajstić information content (AvgIpc) is 3.05. The second-order valence-electron chi connectivity index (χ2n) is 9.60. The summed E-state index contributed by atoms with van der Waals surface area (Å²) >= 11 is 0. The molecule has 5 rings (SSSR count). The number of Topliss-reactive ketones (excluding diaryl/α,β-unsaturated/α-hetero) is 1. The average molecular weight is 469 g/mol. The number of fused-ring (bicyclic) bond motifs is 2. The Kier molecular flexibility index (Phi) is 6.25. The highest BCUT2D eigenvalue weighted by atomic mass is 16.5. The summed E-state index contributed by atoms with van der Waals surface area (Å²) in [6.45, 7) is 4.39. The minimum Gasteiger partial charge on any atom is -0.493 e. The summed E-state index contributed by atoms with van der Waals surface area (Å²) in [4.78, 5) is 13.8. The van der Waals surface area contributed by atoms with E-state index in [4.69, 9.17) is 9.47 Å². The molecule has 0 saturated carbocycles. The van der Waals surface area contributed by atoms with Gasteiger partial charge in [-0.25, -0.2) is 0 Å². The summed E-state index contributed by atoms with van der Waals surface area (Å²) in [6, 6.07) is 22.5. The monoisotopic (exact) mass is 468 g/mol. The Morgan fingerprint density at radius 1 is 0.857 bits per heavy atom. The minimum absolute atomic E-state index is 0.0460. The van der Waals surface area contributed by atoms with Crippen LogP contribution in [0.3, 0.4) is 0 Å². The molecule has 3 aromatic carbocycles. The molecule has 3 unspecified atom stereocenters. The minimum atomic E-state index is -0.302. The van der Waals surface area contributed by atoms with Gasteiger partial charge in [0.15, 0.2) is 11.5 Å². The third-order valence-corrected chi connectivity index (χ3v) is 7.13. The number of hydrogen-bond donors (Lipinski definition) is 2. The van der Waals surface area contributed by atoms with Gasteiger partial charge in [0.25, 0.3) is 0 Å². The zero-order chi connectivity index (χ0) is 24.5. The molecule has 1 heterocycles. The Morgan fingerprint density at radius 3 is 2.23 bits per heavy atom. The van der Waals surface area contributed by atoms with Crippen LogP contribution in [0.1, 0.15) is 54.8 Å². The molecule has 35 heavy (non-hydrogen) atoms. The molecule has 0 bridgehead atoms. The largest absolute Gasteiger partial charge is 0.493 e. The van der Waals surface area contributed by atoms with E-state index in [0.717, 1.165) is 28.2 Å². The Morgan fingerprint density at radius 2 is 1.54 bits per heavy atom. The van der Waals surface area contributed by atoms with Gasteiger partial charge in [-0.15, -0.1) is 0 Å². The number of carbonyl (C=O) groups is 1. The van der Waals surface area contributed by atoms with Crippen LogP contribution in [0.4, 0.5) is 11.4 Å². The predicted octanol–water partition coefficient (Wildman–Crippen LogP) is 6.66. The van der Waals surface area contributed by atoms with Crippen LogP contribution in [0.2, 0.25) is 0 Å². The Labute approximate surface area is 207 Å². The van der Waals surface area contributed by atoms with Crippen molar-refractivity contribution in [3.05, 3.63) is 95.2 Å². The molecule has 180 valence electrons. The van der Waals surface area contributed by atoms with E-state index in [2.05, 4.69) is 67.0 Å². The van der Waals surface area contributed by atoms with E-state index in [9.17, 15) is 4.79 Å². The lowest BCUT2D eigenvalue weighted by molar-refractivity contribution is -0.122. The molecule has 0 fully saturated rings. The van der Waals surface area contributed by atoms with Crippen molar-refractivity contribution in [1.29, 1.82) is 0 Å². The maximum atomic E-state index is 13.8. The van der Waals surface area contributed by atoms with Crippen LogP contribution >= 0.6 is 0 Å². The van der Waals surface area contributed by atoms with Crippen LogP contribution in [0, 0.1) is 5.92 Å². The number of anilines is 2. The maximum Gasteiger partial charge on any atom is 0.161 e. The van der Waals surface area contributed by atoms with Crippen LogP contribution in [-0.2, 0) is 4.79 Å². The molecule has 0 saturated heterocycles. The fourth-order valence-electron chi connectivity index (χ4n) is 5.17. The summed E-state index contributed by atoms with van der Waals surface area (Å²) in [7, 11) is 3.26. The van der Waals surface area contributed by atoms with Crippen molar-refractivity contribution in [3.8, 4) is 11.5 Å². The zero-order valence-electron chi connectivity index (χ0n) is 20.7. The van der Waals surface area contributed by atoms with Gasteiger partial charge in [-0.2, -0.15) is 0 Å². The zero-order valence-corrected chi connectivity index (χ0v) is 20.7. The van der Waals surface area contributed by atoms with Crippen LogP contribution in [0.5, 0.6) is 11.5 Å². The fourth-order valence-corrected chi connectivity index (χ4v) is 5.17. The molecule has 0 spiro atoms. The first-order chi connectivity index (χ1) is 17.0. The molecule has 0 radical (unpaired) electrons. The Balaban J connectivity index is 1.57. The van der Waals surface area contributed by atoms with Gasteiger partial charge in [0.05, 0.1) is 37.6 Å². The highest BCUT2D eigenvalue weighted by molar-refractivity contribution is 5.90. The SMILES string of the molecule is COc1ccc(C2C=C3Nc4ccccc4NC(c4ccc(C(C)C)cc4)C3C(=O)C2)cc1OC. The number of allylic oxidation sites excluding steroid dienone is 1. The third-order valence-electron chi connectivity index (χ3n) is 7.13. The van der Waals surface area contributed by atoms with E-state index in [1.807, 2.05) is 30.3 Å². The molecule has 3 atom stereocenters. The van der Waals surface area contributed by atoms with Crippen molar-refractivity contribution < 1.29 is 14.3 Å². The van der Waals surface area contributed by atoms with Crippen molar-refractivity contribution in [2.45, 2.75) is 38.1 Å². The molecule has 5 heteroatoms. The van der Waals surface area contributed by atoms with Crippen LogP contribution < -0.4 is 20.1 Å². The molecule has 1 aliphatic heterocycles. The van der Waals surface area contributed by atoms with E-state index < -0.39 is 0 Å². The molecular weight excluding hydrogens is 436 g/mol. The first kappa shape index (κ1) is 23.0. The van der Waals surface area contributed by atoms with Crippen LogP contribution in [-0.4, -0.2) is 20.0 Å². The number of nitrogens with one attached hydrogen (secondary N) is 2. The molecule has 3 aromatic rings. The lowest BCUT2D eigenvalue weighted by Gasteiger charge is -2.32. The number of carbonyl (C=O) groups excluding carboxylic acids is 1. The number of ketones is 1. The number of benzene rings is 3. The molecular formula is C30H32N2O3. The lowest BCUT2D eigenvalue weighted by atomic mass is 9.76. The fraction of sp³-hybridized carbons (Fsp3) is 0.300. The molecule has 0 aromatic heterocycles. The number of methoxy groups -OCH3 is 2. The van der Waals surface area contributed by atoms with Gasteiger partial charge < -0.3 is 20.1 Å². The number of rotatable bonds is 5. The summed E-state index contributed by atoms with van der Waals surface area (Å²) in [5.41, 5.74) is 6.35.